The Morgan fingerprint density at radius 3 is 2.80 bits per heavy atom. The van der Waals surface area contributed by atoms with Gasteiger partial charge in [0.2, 0.25) is 0 Å². The molecule has 0 amide bonds. The number of nitrogens with one attached hydrogen (secondary N) is 1. The summed E-state index contributed by atoms with van der Waals surface area (Å²) in [7, 11) is 0. The Bertz CT molecular complexity index is 446. The molecule has 1 N–H and O–H groups in total. The lowest BCUT2D eigenvalue weighted by atomic mass is 9.64. The predicted octanol–water partition coefficient (Wildman–Crippen LogP) is 4.06. The van der Waals surface area contributed by atoms with Gasteiger partial charge in [0, 0.05) is 29.1 Å². The smallest absolute Gasteiger partial charge is 0.0655 e. The van der Waals surface area contributed by atoms with Crippen LogP contribution in [0.25, 0.3) is 0 Å². The van der Waals surface area contributed by atoms with Crippen molar-refractivity contribution in [2.45, 2.75) is 58.7 Å². The molecule has 0 aromatic heterocycles. The van der Waals surface area contributed by atoms with Gasteiger partial charge in [-0.05, 0) is 44.4 Å². The zero-order valence-corrected chi connectivity index (χ0v) is 13.7. The molecule has 0 spiro atoms. The van der Waals surface area contributed by atoms with Crippen LogP contribution in [0.1, 0.15) is 39.7 Å². The first-order chi connectivity index (χ1) is 9.43. The fourth-order valence-corrected chi connectivity index (χ4v) is 3.29. The lowest BCUT2D eigenvalue weighted by Gasteiger charge is -2.52. The summed E-state index contributed by atoms with van der Waals surface area (Å²) in [6.45, 7) is 9.70. The Labute approximate surface area is 127 Å². The Balaban J connectivity index is 1.85. The maximum Gasteiger partial charge on any atom is 0.0655 e. The van der Waals surface area contributed by atoms with Crippen LogP contribution in [0.3, 0.4) is 0 Å². The predicted molar refractivity (Wildman–Crippen MR) is 85.4 cm³/mol. The van der Waals surface area contributed by atoms with E-state index in [4.69, 9.17) is 16.3 Å². The zero-order valence-electron chi connectivity index (χ0n) is 12.9. The van der Waals surface area contributed by atoms with Crippen molar-refractivity contribution in [1.29, 1.82) is 0 Å². The van der Waals surface area contributed by atoms with Crippen LogP contribution in [0.15, 0.2) is 24.3 Å². The molecule has 0 saturated heterocycles. The molecule has 3 atom stereocenters. The third kappa shape index (κ3) is 3.55. The fourth-order valence-electron chi connectivity index (χ4n) is 3.07. The van der Waals surface area contributed by atoms with Crippen molar-refractivity contribution in [3.8, 4) is 0 Å². The van der Waals surface area contributed by atoms with E-state index in [1.165, 1.54) is 5.56 Å². The lowest BCUT2D eigenvalue weighted by molar-refractivity contribution is -0.116. The molecule has 0 heterocycles. The van der Waals surface area contributed by atoms with E-state index in [1.54, 1.807) is 0 Å². The highest BCUT2D eigenvalue weighted by molar-refractivity contribution is 6.30. The van der Waals surface area contributed by atoms with Gasteiger partial charge in [-0.25, -0.2) is 0 Å². The van der Waals surface area contributed by atoms with Crippen molar-refractivity contribution < 1.29 is 4.74 Å². The van der Waals surface area contributed by atoms with Crippen molar-refractivity contribution in [3.63, 3.8) is 0 Å². The average Bonchev–Trinajstić information content (AvgIpc) is 2.37. The van der Waals surface area contributed by atoms with Crippen LogP contribution in [-0.2, 0) is 11.2 Å². The van der Waals surface area contributed by atoms with Crippen LogP contribution < -0.4 is 5.32 Å². The van der Waals surface area contributed by atoms with E-state index in [9.17, 15) is 0 Å². The zero-order chi connectivity index (χ0) is 14.8. The van der Waals surface area contributed by atoms with Gasteiger partial charge in [-0.15, -0.1) is 0 Å². The molecule has 1 aromatic carbocycles. The minimum absolute atomic E-state index is 0.221. The second kappa shape index (κ2) is 6.46. The fraction of sp³-hybridized carbons (Fsp3) is 0.647. The third-order valence-electron chi connectivity index (χ3n) is 4.46. The summed E-state index contributed by atoms with van der Waals surface area (Å²) in [5.41, 5.74) is 1.51. The van der Waals surface area contributed by atoms with Crippen LogP contribution in [0.5, 0.6) is 0 Å². The maximum absolute atomic E-state index is 6.03. The monoisotopic (exact) mass is 295 g/mol. The standard InChI is InChI=1S/C17H26ClNO/c1-5-20-16-11-15(17(16,3)4)19-12(2)9-13-7-6-8-14(18)10-13/h6-8,10,12,15-16,19H,5,9,11H2,1-4H3. The molecule has 2 rings (SSSR count). The Kier molecular flexibility index (Phi) is 5.11. The summed E-state index contributed by atoms with van der Waals surface area (Å²) in [5, 5.41) is 4.55. The van der Waals surface area contributed by atoms with E-state index in [2.05, 4.69) is 45.1 Å². The average molecular weight is 296 g/mol. The van der Waals surface area contributed by atoms with Crippen molar-refractivity contribution in [3.05, 3.63) is 34.9 Å². The van der Waals surface area contributed by atoms with E-state index >= 15 is 0 Å². The molecular weight excluding hydrogens is 270 g/mol. The molecule has 1 aliphatic rings. The van der Waals surface area contributed by atoms with Crippen LogP contribution in [-0.4, -0.2) is 24.8 Å². The molecule has 1 saturated carbocycles. The molecule has 0 radical (unpaired) electrons. The quantitative estimate of drug-likeness (QED) is 0.854. The Morgan fingerprint density at radius 2 is 2.20 bits per heavy atom. The summed E-state index contributed by atoms with van der Waals surface area (Å²) in [6.07, 6.45) is 2.51. The van der Waals surface area contributed by atoms with Gasteiger partial charge < -0.3 is 10.1 Å². The van der Waals surface area contributed by atoms with Gasteiger partial charge in [0.05, 0.1) is 6.10 Å². The Morgan fingerprint density at radius 1 is 1.45 bits per heavy atom. The van der Waals surface area contributed by atoms with E-state index in [-0.39, 0.29) is 5.41 Å². The highest BCUT2D eigenvalue weighted by Crippen LogP contribution is 2.43. The van der Waals surface area contributed by atoms with E-state index in [1.807, 2.05) is 12.1 Å². The summed E-state index contributed by atoms with van der Waals surface area (Å²) in [6, 6.07) is 9.11. The molecule has 1 aliphatic carbocycles. The van der Waals surface area contributed by atoms with Gasteiger partial charge in [-0.3, -0.25) is 0 Å². The van der Waals surface area contributed by atoms with Crippen molar-refractivity contribution in [1.82, 2.24) is 5.32 Å². The molecule has 112 valence electrons. The lowest BCUT2D eigenvalue weighted by Crippen LogP contribution is -2.62. The highest BCUT2D eigenvalue weighted by atomic mass is 35.5. The molecule has 0 aliphatic heterocycles. The van der Waals surface area contributed by atoms with Gasteiger partial charge in [0.25, 0.3) is 0 Å². The van der Waals surface area contributed by atoms with E-state index in [0.29, 0.717) is 18.2 Å². The molecule has 1 aromatic rings. The molecule has 3 heteroatoms. The van der Waals surface area contributed by atoms with Crippen LogP contribution in [0.4, 0.5) is 0 Å². The van der Waals surface area contributed by atoms with Gasteiger partial charge in [-0.2, -0.15) is 0 Å². The van der Waals surface area contributed by atoms with Gasteiger partial charge >= 0.3 is 0 Å². The first kappa shape index (κ1) is 15.8. The molecular formula is C17H26ClNO. The summed E-state index contributed by atoms with van der Waals surface area (Å²) in [4.78, 5) is 0. The second-order valence-corrected chi connectivity index (χ2v) is 6.89. The number of rotatable bonds is 6. The summed E-state index contributed by atoms with van der Waals surface area (Å²) < 4.78 is 5.78. The molecule has 3 unspecified atom stereocenters. The largest absolute Gasteiger partial charge is 0.378 e. The van der Waals surface area contributed by atoms with Gasteiger partial charge in [0.15, 0.2) is 0 Å². The summed E-state index contributed by atoms with van der Waals surface area (Å²) >= 11 is 6.03. The summed E-state index contributed by atoms with van der Waals surface area (Å²) in [5.74, 6) is 0. The molecule has 1 fully saturated rings. The number of benzene rings is 1. The van der Waals surface area contributed by atoms with Crippen LogP contribution >= 0.6 is 11.6 Å². The number of ether oxygens (including phenoxy) is 1. The maximum atomic E-state index is 6.03. The SMILES string of the molecule is CCOC1CC(NC(C)Cc2cccc(Cl)c2)C1(C)C. The molecule has 2 nitrogen and oxygen atoms in total. The van der Waals surface area contributed by atoms with Crippen LogP contribution in [0, 0.1) is 5.41 Å². The first-order valence-corrected chi connectivity index (χ1v) is 7.93. The van der Waals surface area contributed by atoms with Gasteiger partial charge in [-0.1, -0.05) is 37.6 Å². The van der Waals surface area contributed by atoms with E-state index < -0.39 is 0 Å². The van der Waals surface area contributed by atoms with Crippen LogP contribution in [0.2, 0.25) is 5.02 Å². The highest BCUT2D eigenvalue weighted by Gasteiger charge is 2.48. The minimum atomic E-state index is 0.221. The number of hydrogen-bond donors (Lipinski definition) is 1. The first-order valence-electron chi connectivity index (χ1n) is 7.55. The van der Waals surface area contributed by atoms with Crippen molar-refractivity contribution >= 4 is 11.6 Å². The van der Waals surface area contributed by atoms with Gasteiger partial charge in [0.1, 0.15) is 0 Å². The normalized spacial score (nSPS) is 26.1. The third-order valence-corrected chi connectivity index (χ3v) is 4.70. The van der Waals surface area contributed by atoms with Crippen molar-refractivity contribution in [2.75, 3.05) is 6.61 Å². The molecule has 0 bridgehead atoms. The number of halogens is 1. The van der Waals surface area contributed by atoms with Crippen molar-refractivity contribution in [2.24, 2.45) is 5.41 Å². The van der Waals surface area contributed by atoms with E-state index in [0.717, 1.165) is 24.5 Å². The number of hydrogen-bond acceptors (Lipinski definition) is 2. The topological polar surface area (TPSA) is 21.3 Å². The Hall–Kier alpha value is -0.570. The molecule has 20 heavy (non-hydrogen) atoms. The minimum Gasteiger partial charge on any atom is -0.378 e. The second-order valence-electron chi connectivity index (χ2n) is 6.46.